The average molecular weight is 478 g/mol. The first kappa shape index (κ1) is 23.1. The molecule has 3 N–H and O–H groups in total. The molecule has 34 heavy (non-hydrogen) atoms. The van der Waals surface area contributed by atoms with E-state index in [4.69, 9.17) is 15.5 Å². The quantitative estimate of drug-likeness (QED) is 0.405. The van der Waals surface area contributed by atoms with Crippen molar-refractivity contribution in [2.75, 3.05) is 12.4 Å². The number of aromatic nitrogens is 3. The first-order chi connectivity index (χ1) is 16.3. The smallest absolute Gasteiger partial charge is 0.341 e. The van der Waals surface area contributed by atoms with Crippen LogP contribution in [0.2, 0.25) is 0 Å². The highest BCUT2D eigenvalue weighted by molar-refractivity contribution is 7.18. The normalized spacial score (nSPS) is 10.9. The number of nitrogens with one attached hydrogen (secondary N) is 1. The monoisotopic (exact) mass is 477 g/mol. The molecule has 9 nitrogen and oxygen atoms in total. The lowest BCUT2D eigenvalue weighted by molar-refractivity contribution is 0.0601. The first-order valence-corrected chi connectivity index (χ1v) is 11.3. The standard InChI is InChI=1S/C24H23N5O4S/c1-5-29-13(3)16(11-26-29)18-10-15(14-8-6-7-9-17(14)27-18)22(31)28-23-19(24(32)33-4)12(2)20(34-23)21(25)30/h6-11H,5H2,1-4H3,(H2,25,30)(H,28,31). The topological polar surface area (TPSA) is 129 Å². The molecule has 0 aliphatic carbocycles. The van der Waals surface area contributed by atoms with Gasteiger partial charge in [0.2, 0.25) is 0 Å². The van der Waals surface area contributed by atoms with Gasteiger partial charge in [-0.2, -0.15) is 5.10 Å². The number of nitrogens with two attached hydrogens (primary N) is 1. The number of thiophene rings is 1. The van der Waals surface area contributed by atoms with Gasteiger partial charge < -0.3 is 15.8 Å². The predicted molar refractivity (Wildman–Crippen MR) is 130 cm³/mol. The summed E-state index contributed by atoms with van der Waals surface area (Å²) in [5, 5.41) is 8.01. The second-order valence-corrected chi connectivity index (χ2v) is 8.62. The predicted octanol–water partition coefficient (Wildman–Crippen LogP) is 3.93. The van der Waals surface area contributed by atoms with Crippen molar-refractivity contribution in [1.29, 1.82) is 0 Å². The zero-order valence-electron chi connectivity index (χ0n) is 19.1. The summed E-state index contributed by atoms with van der Waals surface area (Å²) in [7, 11) is 1.23. The van der Waals surface area contributed by atoms with Crippen LogP contribution in [0, 0.1) is 13.8 Å². The molecule has 0 fully saturated rings. The van der Waals surface area contributed by atoms with Gasteiger partial charge in [-0.15, -0.1) is 11.3 Å². The highest BCUT2D eigenvalue weighted by Crippen LogP contribution is 2.34. The number of esters is 1. The molecular formula is C24H23N5O4S. The molecule has 0 aliphatic rings. The van der Waals surface area contributed by atoms with E-state index in [1.54, 1.807) is 25.3 Å². The van der Waals surface area contributed by atoms with Gasteiger partial charge in [0.25, 0.3) is 11.8 Å². The maximum Gasteiger partial charge on any atom is 0.341 e. The number of amides is 2. The summed E-state index contributed by atoms with van der Waals surface area (Å²) >= 11 is 0.939. The van der Waals surface area contributed by atoms with Crippen LogP contribution in [0.15, 0.2) is 36.5 Å². The Morgan fingerprint density at radius 1 is 1.21 bits per heavy atom. The van der Waals surface area contributed by atoms with Crippen LogP contribution in [0.5, 0.6) is 0 Å². The fourth-order valence-electron chi connectivity index (χ4n) is 3.87. The van der Waals surface area contributed by atoms with E-state index in [-0.39, 0.29) is 15.4 Å². The Morgan fingerprint density at radius 3 is 2.59 bits per heavy atom. The molecule has 4 aromatic rings. The Kier molecular flexibility index (Phi) is 6.16. The van der Waals surface area contributed by atoms with Gasteiger partial charge in [-0.3, -0.25) is 14.3 Å². The number of anilines is 1. The number of rotatable bonds is 6. The summed E-state index contributed by atoms with van der Waals surface area (Å²) in [6, 6.07) is 9.00. The number of carbonyl (C=O) groups excluding carboxylic acids is 3. The summed E-state index contributed by atoms with van der Waals surface area (Å²) in [4.78, 5) is 42.6. The maximum atomic E-state index is 13.5. The van der Waals surface area contributed by atoms with Crippen LogP contribution >= 0.6 is 11.3 Å². The molecule has 174 valence electrons. The van der Waals surface area contributed by atoms with Crippen LogP contribution in [0.4, 0.5) is 5.00 Å². The van der Waals surface area contributed by atoms with Crippen molar-refractivity contribution < 1.29 is 19.1 Å². The van der Waals surface area contributed by atoms with Crippen molar-refractivity contribution in [1.82, 2.24) is 14.8 Å². The number of pyridine rings is 1. The van der Waals surface area contributed by atoms with Crippen LogP contribution < -0.4 is 11.1 Å². The molecule has 0 spiro atoms. The van der Waals surface area contributed by atoms with E-state index in [1.807, 2.05) is 36.7 Å². The second kappa shape index (κ2) is 9.06. The largest absolute Gasteiger partial charge is 0.465 e. The summed E-state index contributed by atoms with van der Waals surface area (Å²) in [6.45, 7) is 6.25. The molecule has 0 atom stereocenters. The highest BCUT2D eigenvalue weighted by Gasteiger charge is 2.26. The van der Waals surface area contributed by atoms with Gasteiger partial charge >= 0.3 is 5.97 Å². The van der Waals surface area contributed by atoms with E-state index in [0.717, 1.165) is 22.6 Å². The highest BCUT2D eigenvalue weighted by atomic mass is 32.1. The molecule has 3 heterocycles. The van der Waals surface area contributed by atoms with Gasteiger partial charge in [0.1, 0.15) is 5.00 Å². The van der Waals surface area contributed by atoms with Gasteiger partial charge in [0.05, 0.1) is 40.5 Å². The minimum Gasteiger partial charge on any atom is -0.465 e. The number of benzene rings is 1. The van der Waals surface area contributed by atoms with Gasteiger partial charge in [0.15, 0.2) is 0 Å². The van der Waals surface area contributed by atoms with E-state index < -0.39 is 17.8 Å². The Morgan fingerprint density at radius 2 is 1.94 bits per heavy atom. The van der Waals surface area contributed by atoms with Crippen molar-refractivity contribution in [3.05, 3.63) is 63.8 Å². The number of para-hydroxylation sites is 1. The van der Waals surface area contributed by atoms with Gasteiger partial charge in [-0.25, -0.2) is 9.78 Å². The van der Waals surface area contributed by atoms with Crippen LogP contribution in [0.3, 0.4) is 0 Å². The molecule has 0 bridgehead atoms. The van der Waals surface area contributed by atoms with Crippen molar-refractivity contribution in [3.63, 3.8) is 0 Å². The lowest BCUT2D eigenvalue weighted by atomic mass is 10.0. The number of ether oxygens (including phenoxy) is 1. The molecule has 0 unspecified atom stereocenters. The van der Waals surface area contributed by atoms with Crippen molar-refractivity contribution in [2.45, 2.75) is 27.3 Å². The minimum absolute atomic E-state index is 0.105. The summed E-state index contributed by atoms with van der Waals surface area (Å²) in [5.41, 5.74) is 9.29. The summed E-state index contributed by atoms with van der Waals surface area (Å²) < 4.78 is 6.71. The van der Waals surface area contributed by atoms with Gasteiger partial charge in [-0.05, 0) is 38.5 Å². The third kappa shape index (κ3) is 3.92. The number of methoxy groups -OCH3 is 1. The Hall–Kier alpha value is -4.05. The third-order valence-corrected chi connectivity index (χ3v) is 6.85. The molecule has 0 saturated heterocycles. The Balaban J connectivity index is 1.84. The zero-order chi connectivity index (χ0) is 24.6. The Labute approximate surface area is 199 Å². The number of hydrogen-bond donors (Lipinski definition) is 2. The maximum absolute atomic E-state index is 13.5. The number of primary amides is 1. The SMILES string of the molecule is CCn1ncc(-c2cc(C(=O)Nc3sc(C(N)=O)c(C)c3C(=O)OC)c3ccccc3n2)c1C. The average Bonchev–Trinajstić information content (AvgIpc) is 3.36. The molecule has 0 aliphatic heterocycles. The van der Waals surface area contributed by atoms with E-state index in [0.29, 0.717) is 34.3 Å². The van der Waals surface area contributed by atoms with E-state index in [9.17, 15) is 14.4 Å². The van der Waals surface area contributed by atoms with E-state index >= 15 is 0 Å². The van der Waals surface area contributed by atoms with Gasteiger partial charge in [-0.1, -0.05) is 18.2 Å². The first-order valence-electron chi connectivity index (χ1n) is 10.5. The number of carbonyl (C=O) groups is 3. The second-order valence-electron chi connectivity index (χ2n) is 7.60. The zero-order valence-corrected chi connectivity index (χ0v) is 19.9. The third-order valence-electron chi connectivity index (χ3n) is 5.63. The summed E-state index contributed by atoms with van der Waals surface area (Å²) in [5.74, 6) is -1.81. The van der Waals surface area contributed by atoms with Crippen LogP contribution in [-0.4, -0.2) is 39.7 Å². The van der Waals surface area contributed by atoms with Crippen molar-refractivity contribution in [2.24, 2.45) is 5.73 Å². The minimum atomic E-state index is -0.687. The molecule has 4 rings (SSSR count). The van der Waals surface area contributed by atoms with E-state index in [1.165, 1.54) is 7.11 Å². The van der Waals surface area contributed by atoms with E-state index in [2.05, 4.69) is 10.4 Å². The molecule has 0 radical (unpaired) electrons. The van der Waals surface area contributed by atoms with Gasteiger partial charge in [0, 0.05) is 23.2 Å². The molecule has 2 amide bonds. The Bertz CT molecular complexity index is 1450. The number of aryl methyl sites for hydroxylation is 1. The molecular weight excluding hydrogens is 454 g/mol. The molecule has 1 aromatic carbocycles. The summed E-state index contributed by atoms with van der Waals surface area (Å²) in [6.07, 6.45) is 1.73. The number of fused-ring (bicyclic) bond motifs is 1. The fraction of sp³-hybridized carbons (Fsp3) is 0.208. The number of hydrogen-bond acceptors (Lipinski definition) is 7. The van der Waals surface area contributed by atoms with Crippen molar-refractivity contribution in [3.8, 4) is 11.3 Å². The van der Waals surface area contributed by atoms with Crippen LogP contribution in [-0.2, 0) is 11.3 Å². The lowest BCUT2D eigenvalue weighted by Gasteiger charge is -2.11. The fourth-order valence-corrected chi connectivity index (χ4v) is 4.91. The van der Waals surface area contributed by atoms with Crippen LogP contribution in [0.1, 0.15) is 48.6 Å². The molecule has 0 saturated carbocycles. The van der Waals surface area contributed by atoms with Crippen LogP contribution in [0.25, 0.3) is 22.2 Å². The number of nitrogens with zero attached hydrogens (tertiary/aromatic N) is 3. The molecule has 10 heteroatoms. The lowest BCUT2D eigenvalue weighted by Crippen LogP contribution is -2.15. The van der Waals surface area contributed by atoms with Crippen molar-refractivity contribution >= 4 is 45.0 Å². The molecule has 3 aromatic heterocycles.